The van der Waals surface area contributed by atoms with Crippen molar-refractivity contribution >= 4 is 5.91 Å². The van der Waals surface area contributed by atoms with Crippen molar-refractivity contribution in [2.45, 2.75) is 58.5 Å². The first-order chi connectivity index (χ1) is 15.7. The maximum Gasteiger partial charge on any atom is 0.416 e. The predicted octanol–water partition coefficient (Wildman–Crippen LogP) is 5.40. The molecule has 2 aromatic carbocycles. The summed E-state index contributed by atoms with van der Waals surface area (Å²) in [5.74, 6) is 0.0685. The van der Waals surface area contributed by atoms with Gasteiger partial charge < -0.3 is 9.73 Å². The van der Waals surface area contributed by atoms with E-state index < -0.39 is 11.7 Å². The van der Waals surface area contributed by atoms with E-state index in [9.17, 15) is 18.0 Å². The molecule has 0 bridgehead atoms. The van der Waals surface area contributed by atoms with Crippen LogP contribution in [0.2, 0.25) is 0 Å². The first kappa shape index (κ1) is 23.0. The molecule has 4 rings (SSSR count). The van der Waals surface area contributed by atoms with E-state index in [4.69, 9.17) is 4.42 Å². The van der Waals surface area contributed by atoms with Crippen LogP contribution in [0.5, 0.6) is 0 Å². The molecule has 1 N–H and O–H groups in total. The summed E-state index contributed by atoms with van der Waals surface area (Å²) in [7, 11) is 0. The largest absolute Gasteiger partial charge is 0.447 e. The standard InChI is InChI=1S/C25H26F3N3O2/c1-16-6-7-19(17(2)10-16)13-31(12-18-4-3-5-20(11-18)25(26,27)28)14-23-30-22(15-33-23)24(32)29-21-8-9-21/h3-7,10-11,15,21H,8-9,12-14H2,1-2H3,(H,29,32). The number of carbonyl (C=O) groups is 1. The average molecular weight is 457 g/mol. The zero-order valence-corrected chi connectivity index (χ0v) is 18.6. The number of oxazole rings is 1. The Morgan fingerprint density at radius 3 is 2.61 bits per heavy atom. The van der Waals surface area contributed by atoms with Crippen LogP contribution in [0.1, 0.15) is 57.0 Å². The van der Waals surface area contributed by atoms with Crippen LogP contribution < -0.4 is 5.32 Å². The molecule has 1 amide bonds. The van der Waals surface area contributed by atoms with E-state index in [1.54, 1.807) is 6.07 Å². The molecule has 174 valence electrons. The van der Waals surface area contributed by atoms with Gasteiger partial charge in [-0.25, -0.2) is 4.98 Å². The van der Waals surface area contributed by atoms with Crippen molar-refractivity contribution in [1.29, 1.82) is 0 Å². The summed E-state index contributed by atoms with van der Waals surface area (Å²) in [5.41, 5.74) is 3.36. The highest BCUT2D eigenvalue weighted by Crippen LogP contribution is 2.30. The molecule has 1 aliphatic rings. The highest BCUT2D eigenvalue weighted by molar-refractivity contribution is 5.92. The number of hydrogen-bond acceptors (Lipinski definition) is 4. The number of rotatable bonds is 8. The van der Waals surface area contributed by atoms with Gasteiger partial charge in [0.25, 0.3) is 5.91 Å². The van der Waals surface area contributed by atoms with Crippen molar-refractivity contribution in [2.75, 3.05) is 0 Å². The second kappa shape index (κ2) is 9.39. The number of benzene rings is 2. The average Bonchev–Trinajstić information content (AvgIpc) is 3.44. The number of halogens is 3. The zero-order chi connectivity index (χ0) is 23.6. The molecule has 0 radical (unpaired) electrons. The van der Waals surface area contributed by atoms with E-state index in [0.29, 0.717) is 18.0 Å². The summed E-state index contributed by atoms with van der Waals surface area (Å²) in [6.07, 6.45) is -1.14. The van der Waals surface area contributed by atoms with Crippen molar-refractivity contribution in [1.82, 2.24) is 15.2 Å². The Kier molecular flexibility index (Phi) is 6.56. The molecule has 1 fully saturated rings. The fraction of sp³-hybridized carbons (Fsp3) is 0.360. The highest BCUT2D eigenvalue weighted by Gasteiger charge is 2.30. The Hall–Kier alpha value is -3.13. The number of nitrogens with one attached hydrogen (secondary N) is 1. The topological polar surface area (TPSA) is 58.4 Å². The van der Waals surface area contributed by atoms with Crippen LogP contribution in [0.3, 0.4) is 0 Å². The Labute approximate surface area is 190 Å². The third-order valence-electron chi connectivity index (χ3n) is 5.61. The maximum atomic E-state index is 13.2. The van der Waals surface area contributed by atoms with Gasteiger partial charge in [-0.05, 0) is 49.4 Å². The lowest BCUT2D eigenvalue weighted by Crippen LogP contribution is -2.26. The molecule has 1 heterocycles. The number of alkyl halides is 3. The summed E-state index contributed by atoms with van der Waals surface area (Å²) >= 11 is 0. The highest BCUT2D eigenvalue weighted by atomic mass is 19.4. The Balaban J connectivity index is 1.54. The van der Waals surface area contributed by atoms with E-state index in [2.05, 4.69) is 16.4 Å². The smallest absolute Gasteiger partial charge is 0.416 e. The molecule has 1 saturated carbocycles. The van der Waals surface area contributed by atoms with Crippen LogP contribution in [0.15, 0.2) is 53.1 Å². The van der Waals surface area contributed by atoms with Crippen molar-refractivity contribution in [3.8, 4) is 0 Å². The third-order valence-corrected chi connectivity index (χ3v) is 5.61. The maximum absolute atomic E-state index is 13.2. The molecule has 1 aromatic heterocycles. The molecule has 0 aliphatic heterocycles. The second-order valence-corrected chi connectivity index (χ2v) is 8.65. The fourth-order valence-corrected chi connectivity index (χ4v) is 3.70. The van der Waals surface area contributed by atoms with Crippen LogP contribution >= 0.6 is 0 Å². The number of aromatic nitrogens is 1. The van der Waals surface area contributed by atoms with Gasteiger partial charge in [0.2, 0.25) is 5.89 Å². The Morgan fingerprint density at radius 1 is 1.12 bits per heavy atom. The summed E-state index contributed by atoms with van der Waals surface area (Å²) in [6, 6.07) is 11.6. The predicted molar refractivity (Wildman–Crippen MR) is 117 cm³/mol. The number of aryl methyl sites for hydroxylation is 2. The third kappa shape index (κ3) is 6.22. The van der Waals surface area contributed by atoms with E-state index in [1.165, 1.54) is 18.4 Å². The summed E-state index contributed by atoms with van der Waals surface area (Å²) in [5, 5.41) is 2.87. The normalized spacial score (nSPS) is 14.0. The van der Waals surface area contributed by atoms with E-state index in [1.807, 2.05) is 30.9 Å². The SMILES string of the molecule is Cc1ccc(CN(Cc2cccc(C(F)(F)F)c2)Cc2nc(C(=O)NC3CC3)co2)c(C)c1. The molecule has 0 saturated heterocycles. The zero-order valence-electron chi connectivity index (χ0n) is 18.6. The van der Waals surface area contributed by atoms with Crippen molar-refractivity contribution in [3.63, 3.8) is 0 Å². The van der Waals surface area contributed by atoms with Gasteiger partial charge in [0.05, 0.1) is 12.1 Å². The lowest BCUT2D eigenvalue weighted by molar-refractivity contribution is -0.137. The van der Waals surface area contributed by atoms with Gasteiger partial charge in [0.15, 0.2) is 5.69 Å². The van der Waals surface area contributed by atoms with Gasteiger partial charge in [-0.15, -0.1) is 0 Å². The van der Waals surface area contributed by atoms with Gasteiger partial charge >= 0.3 is 6.18 Å². The molecule has 33 heavy (non-hydrogen) atoms. The van der Waals surface area contributed by atoms with Crippen LogP contribution in [0.4, 0.5) is 13.2 Å². The minimum atomic E-state index is -4.40. The molecule has 0 spiro atoms. The molecule has 3 aromatic rings. The second-order valence-electron chi connectivity index (χ2n) is 8.65. The van der Waals surface area contributed by atoms with Gasteiger partial charge in [0, 0.05) is 19.1 Å². The molecule has 8 heteroatoms. The van der Waals surface area contributed by atoms with Crippen LogP contribution in [-0.4, -0.2) is 21.8 Å². The number of carbonyl (C=O) groups excluding carboxylic acids is 1. The lowest BCUT2D eigenvalue weighted by atomic mass is 10.0. The van der Waals surface area contributed by atoms with Crippen LogP contribution in [0.25, 0.3) is 0 Å². The molecule has 0 unspecified atom stereocenters. The van der Waals surface area contributed by atoms with E-state index >= 15 is 0 Å². The molecular formula is C25H26F3N3O2. The number of nitrogens with zero attached hydrogens (tertiary/aromatic N) is 2. The number of hydrogen-bond donors (Lipinski definition) is 1. The van der Waals surface area contributed by atoms with Gasteiger partial charge in [-0.1, -0.05) is 42.0 Å². The minimum absolute atomic E-state index is 0.208. The molecule has 0 atom stereocenters. The van der Waals surface area contributed by atoms with Crippen molar-refractivity contribution in [2.24, 2.45) is 0 Å². The summed E-state index contributed by atoms with van der Waals surface area (Å²) in [6.45, 7) is 5.03. The Bertz CT molecular complexity index is 1140. The van der Waals surface area contributed by atoms with E-state index in [0.717, 1.165) is 35.6 Å². The lowest BCUT2D eigenvalue weighted by Gasteiger charge is -2.22. The molecule has 1 aliphatic carbocycles. The first-order valence-electron chi connectivity index (χ1n) is 10.9. The minimum Gasteiger partial charge on any atom is -0.447 e. The summed E-state index contributed by atoms with van der Waals surface area (Å²) < 4.78 is 45.1. The van der Waals surface area contributed by atoms with E-state index in [-0.39, 0.29) is 30.7 Å². The van der Waals surface area contributed by atoms with Gasteiger partial charge in [-0.2, -0.15) is 13.2 Å². The van der Waals surface area contributed by atoms with Gasteiger partial charge in [0.1, 0.15) is 6.26 Å². The van der Waals surface area contributed by atoms with Gasteiger partial charge in [-0.3, -0.25) is 9.69 Å². The first-order valence-corrected chi connectivity index (χ1v) is 10.9. The fourth-order valence-electron chi connectivity index (χ4n) is 3.70. The molecular weight excluding hydrogens is 431 g/mol. The van der Waals surface area contributed by atoms with Crippen LogP contribution in [0, 0.1) is 13.8 Å². The Morgan fingerprint density at radius 2 is 1.91 bits per heavy atom. The van der Waals surface area contributed by atoms with Crippen LogP contribution in [-0.2, 0) is 25.8 Å². The number of amides is 1. The monoisotopic (exact) mass is 457 g/mol. The summed E-state index contributed by atoms with van der Waals surface area (Å²) in [4.78, 5) is 18.5. The molecule has 5 nitrogen and oxygen atoms in total. The van der Waals surface area contributed by atoms with Crippen molar-refractivity contribution < 1.29 is 22.4 Å². The quantitative estimate of drug-likeness (QED) is 0.492. The van der Waals surface area contributed by atoms with Crippen molar-refractivity contribution in [3.05, 3.63) is 88.1 Å².